The third-order valence-corrected chi connectivity index (χ3v) is 6.19. The Labute approximate surface area is 154 Å². The molecule has 2 heterocycles. The standard InChI is InChI=1S/C21H27N3O2/c1-15-6-4-9-17-20(15)22-14-23(21(17)26)13-11-19(25)24-12-5-8-16-7-2-3-10-18(16)24/h4,6,9,14,16,18H,2-3,5,7-8,10-13H2,1H3/t16-,18-/m0/s1. The fourth-order valence-corrected chi connectivity index (χ4v) is 4.79. The van der Waals surface area contributed by atoms with Gasteiger partial charge >= 0.3 is 0 Å². The highest BCUT2D eigenvalue weighted by atomic mass is 16.2. The van der Waals surface area contributed by atoms with Gasteiger partial charge < -0.3 is 4.90 Å². The quantitative estimate of drug-likeness (QED) is 0.851. The topological polar surface area (TPSA) is 55.2 Å². The molecule has 1 aliphatic carbocycles. The number of carbonyl (C=O) groups excluding carboxylic acids is 1. The predicted molar refractivity (Wildman–Crippen MR) is 102 cm³/mol. The summed E-state index contributed by atoms with van der Waals surface area (Å²) in [5.41, 5.74) is 1.70. The number of para-hydroxylation sites is 1. The Morgan fingerprint density at radius 1 is 1.19 bits per heavy atom. The first-order chi connectivity index (χ1) is 12.6. The summed E-state index contributed by atoms with van der Waals surface area (Å²) < 4.78 is 1.59. The zero-order chi connectivity index (χ0) is 18.1. The number of aromatic nitrogens is 2. The molecule has 0 bridgehead atoms. The minimum atomic E-state index is -0.0549. The van der Waals surface area contributed by atoms with Crippen molar-refractivity contribution in [3.63, 3.8) is 0 Å². The van der Waals surface area contributed by atoms with Gasteiger partial charge in [-0.05, 0) is 50.2 Å². The van der Waals surface area contributed by atoms with Gasteiger partial charge in [0.1, 0.15) is 0 Å². The van der Waals surface area contributed by atoms with E-state index >= 15 is 0 Å². The minimum absolute atomic E-state index is 0.0549. The number of carbonyl (C=O) groups is 1. The van der Waals surface area contributed by atoms with Gasteiger partial charge in [0, 0.05) is 25.6 Å². The predicted octanol–water partition coefficient (Wildman–Crippen LogP) is 3.28. The van der Waals surface area contributed by atoms with E-state index in [0.29, 0.717) is 30.3 Å². The average molecular weight is 353 g/mol. The largest absolute Gasteiger partial charge is 0.339 e. The normalized spacial score (nSPS) is 23.0. The number of rotatable bonds is 3. The lowest BCUT2D eigenvalue weighted by atomic mass is 9.78. The molecule has 26 heavy (non-hydrogen) atoms. The Morgan fingerprint density at radius 2 is 2.00 bits per heavy atom. The summed E-state index contributed by atoms with van der Waals surface area (Å²) in [5, 5.41) is 0.630. The van der Waals surface area contributed by atoms with Gasteiger partial charge in [0.05, 0.1) is 17.2 Å². The number of amides is 1. The second-order valence-corrected chi connectivity index (χ2v) is 7.81. The second-order valence-electron chi connectivity index (χ2n) is 7.81. The first kappa shape index (κ1) is 17.3. The highest BCUT2D eigenvalue weighted by molar-refractivity contribution is 5.80. The molecule has 2 atom stereocenters. The van der Waals surface area contributed by atoms with Crippen LogP contribution in [0.3, 0.4) is 0 Å². The number of hydrogen-bond acceptors (Lipinski definition) is 3. The van der Waals surface area contributed by atoms with Crippen molar-refractivity contribution < 1.29 is 4.79 Å². The third kappa shape index (κ3) is 3.15. The third-order valence-electron chi connectivity index (χ3n) is 6.19. The molecule has 138 valence electrons. The van der Waals surface area contributed by atoms with Crippen molar-refractivity contribution in [2.45, 2.75) is 64.5 Å². The van der Waals surface area contributed by atoms with E-state index in [1.807, 2.05) is 25.1 Å². The molecule has 0 radical (unpaired) electrons. The minimum Gasteiger partial charge on any atom is -0.339 e. The van der Waals surface area contributed by atoms with E-state index in [-0.39, 0.29) is 11.5 Å². The summed E-state index contributed by atoms with van der Waals surface area (Å²) in [5.74, 6) is 0.882. The maximum atomic E-state index is 12.8. The highest BCUT2D eigenvalue weighted by Gasteiger charge is 2.35. The number of hydrogen-bond donors (Lipinski definition) is 0. The van der Waals surface area contributed by atoms with Crippen LogP contribution in [0.4, 0.5) is 0 Å². The van der Waals surface area contributed by atoms with E-state index in [1.54, 1.807) is 10.9 Å². The van der Waals surface area contributed by atoms with E-state index < -0.39 is 0 Å². The highest BCUT2D eigenvalue weighted by Crippen LogP contribution is 2.35. The molecule has 2 aromatic rings. The molecule has 5 nitrogen and oxygen atoms in total. The molecule has 4 rings (SSSR count). The first-order valence-corrected chi connectivity index (χ1v) is 9.89. The van der Waals surface area contributed by atoms with E-state index in [9.17, 15) is 9.59 Å². The molecule has 1 aromatic carbocycles. The van der Waals surface area contributed by atoms with Crippen LogP contribution in [0.15, 0.2) is 29.3 Å². The molecule has 1 saturated carbocycles. The SMILES string of the molecule is Cc1cccc2c(=O)n(CCC(=O)N3CCC[C@@H]4CCCC[C@@H]43)cnc12. The van der Waals surface area contributed by atoms with Crippen molar-refractivity contribution in [3.8, 4) is 0 Å². The fraction of sp³-hybridized carbons (Fsp3) is 0.571. The van der Waals surface area contributed by atoms with Gasteiger partial charge in [0.2, 0.25) is 5.91 Å². The summed E-state index contributed by atoms with van der Waals surface area (Å²) >= 11 is 0. The van der Waals surface area contributed by atoms with Crippen LogP contribution in [0.1, 0.15) is 50.5 Å². The molecule has 1 amide bonds. The van der Waals surface area contributed by atoms with E-state index in [1.165, 1.54) is 25.7 Å². The van der Waals surface area contributed by atoms with Crippen LogP contribution < -0.4 is 5.56 Å². The summed E-state index contributed by atoms with van der Waals surface area (Å²) in [7, 11) is 0. The van der Waals surface area contributed by atoms with Crippen molar-refractivity contribution in [2.24, 2.45) is 5.92 Å². The Bertz CT molecular complexity index is 871. The Balaban J connectivity index is 1.48. The molecule has 5 heteroatoms. The van der Waals surface area contributed by atoms with Crippen molar-refractivity contribution in [2.75, 3.05) is 6.54 Å². The van der Waals surface area contributed by atoms with Crippen LogP contribution in [0.2, 0.25) is 0 Å². The Hall–Kier alpha value is -2.17. The number of likely N-dealkylation sites (tertiary alicyclic amines) is 1. The number of benzene rings is 1. The van der Waals surface area contributed by atoms with Crippen molar-refractivity contribution in [1.29, 1.82) is 0 Å². The zero-order valence-electron chi connectivity index (χ0n) is 15.5. The number of nitrogens with zero attached hydrogens (tertiary/aromatic N) is 3. The van der Waals surface area contributed by atoms with Crippen LogP contribution >= 0.6 is 0 Å². The molecule has 2 fully saturated rings. The lowest BCUT2D eigenvalue weighted by Gasteiger charge is -2.44. The first-order valence-electron chi connectivity index (χ1n) is 9.89. The zero-order valence-corrected chi connectivity index (χ0v) is 15.5. The molecule has 1 saturated heterocycles. The van der Waals surface area contributed by atoms with Gasteiger partial charge in [-0.25, -0.2) is 4.98 Å². The van der Waals surface area contributed by atoms with Gasteiger partial charge in [-0.15, -0.1) is 0 Å². The number of fused-ring (bicyclic) bond motifs is 2. The van der Waals surface area contributed by atoms with Crippen molar-refractivity contribution >= 4 is 16.8 Å². The van der Waals surface area contributed by atoms with E-state index in [4.69, 9.17) is 0 Å². The van der Waals surface area contributed by atoms with Gasteiger partial charge in [0.15, 0.2) is 0 Å². The molecule has 0 unspecified atom stereocenters. The van der Waals surface area contributed by atoms with Crippen LogP contribution in [0.5, 0.6) is 0 Å². The number of piperidine rings is 1. The molecular formula is C21H27N3O2. The van der Waals surface area contributed by atoms with Crippen LogP contribution in [0, 0.1) is 12.8 Å². The summed E-state index contributed by atoms with van der Waals surface area (Å²) in [6.07, 6.45) is 9.30. The molecule has 0 N–H and O–H groups in total. The second kappa shape index (κ2) is 7.22. The average Bonchev–Trinajstić information content (AvgIpc) is 2.67. The fourth-order valence-electron chi connectivity index (χ4n) is 4.79. The molecule has 0 spiro atoms. The van der Waals surface area contributed by atoms with Crippen molar-refractivity contribution in [1.82, 2.24) is 14.5 Å². The maximum absolute atomic E-state index is 12.8. The smallest absolute Gasteiger partial charge is 0.261 e. The van der Waals surface area contributed by atoms with Gasteiger partial charge in [-0.2, -0.15) is 0 Å². The monoisotopic (exact) mass is 353 g/mol. The molecule has 1 aliphatic heterocycles. The van der Waals surface area contributed by atoms with Crippen LogP contribution in [-0.2, 0) is 11.3 Å². The van der Waals surface area contributed by atoms with Crippen molar-refractivity contribution in [3.05, 3.63) is 40.4 Å². The summed E-state index contributed by atoms with van der Waals surface area (Å²) in [6, 6.07) is 6.08. The lowest BCUT2D eigenvalue weighted by molar-refractivity contribution is -0.137. The molecule has 2 aliphatic rings. The lowest BCUT2D eigenvalue weighted by Crippen LogP contribution is -2.49. The number of aryl methyl sites for hydroxylation is 2. The molecule has 1 aromatic heterocycles. The van der Waals surface area contributed by atoms with Crippen LogP contribution in [-0.4, -0.2) is 32.9 Å². The molecular weight excluding hydrogens is 326 g/mol. The Kier molecular flexibility index (Phi) is 4.79. The van der Waals surface area contributed by atoms with Crippen LogP contribution in [0.25, 0.3) is 10.9 Å². The van der Waals surface area contributed by atoms with E-state index in [2.05, 4.69) is 9.88 Å². The van der Waals surface area contributed by atoms with E-state index in [0.717, 1.165) is 30.5 Å². The summed E-state index contributed by atoms with van der Waals surface area (Å²) in [4.78, 5) is 32.1. The van der Waals surface area contributed by atoms with Gasteiger partial charge in [0.25, 0.3) is 5.56 Å². The summed E-state index contributed by atoms with van der Waals surface area (Å²) in [6.45, 7) is 3.24. The van der Waals surface area contributed by atoms with Gasteiger partial charge in [-0.3, -0.25) is 14.2 Å². The Morgan fingerprint density at radius 3 is 2.88 bits per heavy atom. The van der Waals surface area contributed by atoms with Gasteiger partial charge in [-0.1, -0.05) is 25.0 Å². The maximum Gasteiger partial charge on any atom is 0.261 e.